The molecule has 0 bridgehead atoms. The molecule has 0 rings (SSSR count). The summed E-state index contributed by atoms with van der Waals surface area (Å²) in [5.74, 6) is 0. The molecule has 6 nitrogen and oxygen atoms in total. The van der Waals surface area contributed by atoms with E-state index in [-0.39, 0.29) is 45.3 Å². The van der Waals surface area contributed by atoms with Crippen molar-refractivity contribution in [2.24, 2.45) is 0 Å². The molecule has 0 aliphatic rings. The number of rotatable bonds is 12. The fourth-order valence-electron chi connectivity index (χ4n) is 3.28. The van der Waals surface area contributed by atoms with Crippen molar-refractivity contribution < 1.29 is 9.05 Å². The normalized spacial score (nSPS) is 15.0. The van der Waals surface area contributed by atoms with Crippen LogP contribution in [0.1, 0.15) is 55.4 Å². The van der Waals surface area contributed by atoms with E-state index in [9.17, 15) is 10.5 Å². The Balaban J connectivity index is 4.43. The van der Waals surface area contributed by atoms with Gasteiger partial charge < -0.3 is 9.05 Å². The Morgan fingerprint density at radius 2 is 0.960 bits per heavy atom. The molecule has 0 aliphatic heterocycles. The quantitative estimate of drug-likeness (QED) is 0.386. The van der Waals surface area contributed by atoms with Gasteiger partial charge in [0.15, 0.2) is 9.03 Å². The van der Waals surface area contributed by atoms with Crippen molar-refractivity contribution in [1.82, 2.24) is 9.80 Å². The highest BCUT2D eigenvalue weighted by atomic mass is 31.1. The van der Waals surface area contributed by atoms with Crippen molar-refractivity contribution in [3.05, 3.63) is 0 Å². The lowest BCUT2D eigenvalue weighted by molar-refractivity contribution is 0.0919. The lowest BCUT2D eigenvalue weighted by Crippen LogP contribution is -2.46. The van der Waals surface area contributed by atoms with Crippen LogP contribution < -0.4 is 0 Å². The van der Waals surface area contributed by atoms with Gasteiger partial charge in [0.05, 0.1) is 25.4 Å². The van der Waals surface area contributed by atoms with E-state index in [4.69, 9.17) is 9.05 Å². The molecule has 2 atom stereocenters. The van der Waals surface area contributed by atoms with Crippen LogP contribution in [0.4, 0.5) is 0 Å². The average Bonchev–Trinajstić information content (AvgIpc) is 2.50. The Morgan fingerprint density at radius 1 is 0.680 bits per heavy atom. The molecular formula is C18H35N4O2P. The first-order valence-corrected chi connectivity index (χ1v) is 9.81. The highest BCUT2D eigenvalue weighted by Crippen LogP contribution is 2.20. The van der Waals surface area contributed by atoms with E-state index in [1.54, 1.807) is 0 Å². The number of nitrogens with zero attached hydrogens (tertiary/aromatic N) is 4. The molecule has 0 amide bonds. The van der Waals surface area contributed by atoms with Crippen molar-refractivity contribution in [2.45, 2.75) is 91.6 Å². The van der Waals surface area contributed by atoms with Crippen molar-refractivity contribution in [2.75, 3.05) is 13.2 Å². The van der Waals surface area contributed by atoms with E-state index >= 15 is 0 Å². The average molecular weight is 370 g/mol. The van der Waals surface area contributed by atoms with E-state index in [0.717, 1.165) is 0 Å². The maximum absolute atomic E-state index is 9.41. The van der Waals surface area contributed by atoms with Gasteiger partial charge in [-0.15, -0.1) is 0 Å². The molecule has 0 N–H and O–H groups in total. The molecule has 2 unspecified atom stereocenters. The van der Waals surface area contributed by atoms with E-state index in [1.165, 1.54) is 0 Å². The molecule has 144 valence electrons. The smallest absolute Gasteiger partial charge is 0.155 e. The van der Waals surface area contributed by atoms with Crippen LogP contribution in [0, 0.1) is 22.7 Å². The maximum Gasteiger partial charge on any atom is 0.155 e. The first kappa shape index (κ1) is 24.2. The maximum atomic E-state index is 9.41. The third kappa shape index (κ3) is 8.45. The summed E-state index contributed by atoms with van der Waals surface area (Å²) < 4.78 is 11.2. The Morgan fingerprint density at radius 3 is 1.16 bits per heavy atom. The monoisotopic (exact) mass is 370 g/mol. The highest BCUT2D eigenvalue weighted by molar-refractivity contribution is 7.26. The third-order valence-corrected chi connectivity index (χ3v) is 4.57. The summed E-state index contributed by atoms with van der Waals surface area (Å²) in [6.07, 6.45) is 0. The highest BCUT2D eigenvalue weighted by Gasteiger charge is 2.25. The lowest BCUT2D eigenvalue weighted by Gasteiger charge is -2.34. The third-order valence-electron chi connectivity index (χ3n) is 4.00. The van der Waals surface area contributed by atoms with Crippen LogP contribution in [0.15, 0.2) is 0 Å². The fourth-order valence-corrected chi connectivity index (χ4v) is 3.81. The Bertz CT molecular complexity index is 387. The van der Waals surface area contributed by atoms with E-state index in [0.29, 0.717) is 13.2 Å². The van der Waals surface area contributed by atoms with E-state index in [1.807, 2.05) is 0 Å². The molecule has 0 fully saturated rings. The van der Waals surface area contributed by atoms with Gasteiger partial charge in [0, 0.05) is 24.2 Å². The van der Waals surface area contributed by atoms with Gasteiger partial charge in [0.2, 0.25) is 0 Å². The SMILES string of the molecule is CC(C)N(C(C)C)C(C#N)COPOCC(C#N)N(C(C)C)C(C)C. The number of nitriles is 2. The van der Waals surface area contributed by atoms with Crippen molar-refractivity contribution >= 4 is 9.03 Å². The van der Waals surface area contributed by atoms with Gasteiger partial charge in [-0.25, -0.2) is 0 Å². The van der Waals surface area contributed by atoms with Gasteiger partial charge in [-0.2, -0.15) is 10.5 Å². The summed E-state index contributed by atoms with van der Waals surface area (Å²) >= 11 is 0. The molecule has 0 aromatic rings. The van der Waals surface area contributed by atoms with Crippen LogP contribution in [0.5, 0.6) is 0 Å². The van der Waals surface area contributed by atoms with Crippen LogP contribution in [-0.2, 0) is 9.05 Å². The summed E-state index contributed by atoms with van der Waals surface area (Å²) in [5.41, 5.74) is 0. The summed E-state index contributed by atoms with van der Waals surface area (Å²) in [5, 5.41) is 18.8. The minimum Gasteiger partial charge on any atom is -0.334 e. The Labute approximate surface area is 156 Å². The van der Waals surface area contributed by atoms with Crippen molar-refractivity contribution in [3.8, 4) is 12.1 Å². The fraction of sp³-hybridized carbons (Fsp3) is 0.889. The second kappa shape index (κ2) is 12.6. The molecule has 0 heterocycles. The first-order valence-electron chi connectivity index (χ1n) is 8.99. The van der Waals surface area contributed by atoms with Gasteiger partial charge in [0.1, 0.15) is 12.1 Å². The summed E-state index contributed by atoms with van der Waals surface area (Å²) in [6.45, 7) is 17.2. The van der Waals surface area contributed by atoms with Crippen LogP contribution >= 0.6 is 9.03 Å². The molecule has 0 aromatic heterocycles. The molecular weight excluding hydrogens is 335 g/mol. The Kier molecular flexibility index (Phi) is 12.2. The van der Waals surface area contributed by atoms with Gasteiger partial charge in [0.25, 0.3) is 0 Å². The Hall–Kier alpha value is -0.750. The van der Waals surface area contributed by atoms with Gasteiger partial charge in [-0.05, 0) is 55.4 Å². The molecule has 0 radical (unpaired) electrons. The summed E-state index contributed by atoms with van der Waals surface area (Å²) in [4.78, 5) is 4.25. The van der Waals surface area contributed by atoms with Crippen LogP contribution in [0.25, 0.3) is 0 Å². The predicted octanol–water partition coefficient (Wildman–Crippen LogP) is 3.55. The van der Waals surface area contributed by atoms with Crippen LogP contribution in [-0.4, -0.2) is 59.3 Å². The van der Waals surface area contributed by atoms with E-state index < -0.39 is 0 Å². The second-order valence-electron chi connectivity index (χ2n) is 7.26. The molecule has 25 heavy (non-hydrogen) atoms. The largest absolute Gasteiger partial charge is 0.334 e. The minimum atomic E-state index is -0.300. The predicted molar refractivity (Wildman–Crippen MR) is 103 cm³/mol. The minimum absolute atomic E-state index is 0.172. The van der Waals surface area contributed by atoms with Gasteiger partial charge >= 0.3 is 0 Å². The number of hydrogen-bond donors (Lipinski definition) is 0. The second-order valence-corrected chi connectivity index (χ2v) is 8.01. The molecule has 7 heteroatoms. The van der Waals surface area contributed by atoms with Crippen LogP contribution in [0.3, 0.4) is 0 Å². The first-order chi connectivity index (χ1) is 11.7. The zero-order valence-corrected chi connectivity index (χ0v) is 18.0. The molecule has 0 saturated carbocycles. The van der Waals surface area contributed by atoms with Gasteiger partial charge in [-0.1, -0.05) is 0 Å². The summed E-state index contributed by atoms with van der Waals surface area (Å²) in [6, 6.07) is 5.10. The van der Waals surface area contributed by atoms with E-state index in [2.05, 4.69) is 77.3 Å². The zero-order chi connectivity index (χ0) is 19.6. The van der Waals surface area contributed by atoms with Crippen molar-refractivity contribution in [1.29, 1.82) is 10.5 Å². The summed E-state index contributed by atoms with van der Waals surface area (Å²) in [7, 11) is -0.172. The number of hydrogen-bond acceptors (Lipinski definition) is 6. The zero-order valence-electron chi connectivity index (χ0n) is 17.0. The standard InChI is InChI=1S/C18H35N4O2P/c1-13(2)21(14(3)4)17(9-19)11-23-25-24-12-18(10-20)22(15(5)6)16(7)8/h13-18,25H,11-12H2,1-8H3. The molecule has 0 aliphatic carbocycles. The topological polar surface area (TPSA) is 72.5 Å². The molecule has 0 aromatic carbocycles. The van der Waals surface area contributed by atoms with Crippen molar-refractivity contribution in [3.63, 3.8) is 0 Å². The molecule has 0 saturated heterocycles. The lowest BCUT2D eigenvalue weighted by atomic mass is 10.1. The van der Waals surface area contributed by atoms with Crippen LogP contribution in [0.2, 0.25) is 0 Å². The molecule has 0 spiro atoms. The van der Waals surface area contributed by atoms with Gasteiger partial charge in [-0.3, -0.25) is 9.80 Å².